The van der Waals surface area contributed by atoms with Crippen LogP contribution < -0.4 is 4.90 Å². The van der Waals surface area contributed by atoms with Crippen molar-refractivity contribution in [1.82, 2.24) is 9.97 Å². The molecule has 1 aromatic carbocycles. The third-order valence-electron chi connectivity index (χ3n) is 2.97. The minimum Gasteiger partial charge on any atom is -0.352 e. The summed E-state index contributed by atoms with van der Waals surface area (Å²) in [4.78, 5) is 10.9. The van der Waals surface area contributed by atoms with Crippen LogP contribution in [0, 0.1) is 0 Å². The quantitative estimate of drug-likeness (QED) is 0.779. The number of aryl methyl sites for hydroxylation is 1. The second-order valence-corrected chi connectivity index (χ2v) is 4.71. The van der Waals surface area contributed by atoms with Gasteiger partial charge in [-0.3, -0.25) is 0 Å². The van der Waals surface area contributed by atoms with Gasteiger partial charge in [0.05, 0.1) is 0 Å². The highest BCUT2D eigenvalue weighted by Gasteiger charge is 2.09. The van der Waals surface area contributed by atoms with Crippen molar-refractivity contribution in [3.05, 3.63) is 52.9 Å². The summed E-state index contributed by atoms with van der Waals surface area (Å²) in [6.07, 6.45) is 0.788. The van der Waals surface area contributed by atoms with Crippen molar-refractivity contribution in [1.29, 1.82) is 0 Å². The molecular weight excluding hydrogens is 258 g/mol. The molecule has 0 saturated heterocycles. The molecule has 0 aliphatic heterocycles. The highest BCUT2D eigenvalue weighted by Crippen LogP contribution is 2.18. The van der Waals surface area contributed by atoms with E-state index in [2.05, 4.69) is 33.9 Å². The van der Waals surface area contributed by atoms with Gasteiger partial charge >= 0.3 is 0 Å². The summed E-state index contributed by atoms with van der Waals surface area (Å²) < 4.78 is 0. The molecule has 19 heavy (non-hydrogen) atoms. The molecule has 4 heteroatoms. The average Bonchev–Trinajstić information content (AvgIpc) is 2.45. The van der Waals surface area contributed by atoms with Crippen LogP contribution in [0.4, 0.5) is 5.82 Å². The highest BCUT2D eigenvalue weighted by molar-refractivity contribution is 6.29. The predicted octanol–water partition coefficient (Wildman–Crippen LogP) is 3.72. The van der Waals surface area contributed by atoms with Crippen LogP contribution in [-0.2, 0) is 13.0 Å². The molecule has 100 valence electrons. The second-order valence-electron chi connectivity index (χ2n) is 4.32. The topological polar surface area (TPSA) is 29.0 Å². The molecule has 2 aromatic rings. The van der Waals surface area contributed by atoms with Gasteiger partial charge in [-0.2, -0.15) is 0 Å². The Bertz CT molecular complexity index is 528. The fraction of sp³-hybridized carbons (Fsp3) is 0.333. The molecule has 2 rings (SSSR count). The standard InChI is InChI=1S/C15H18ClN3/c1-3-14-17-13(16)10-15(18-14)19(4-2)11-12-8-6-5-7-9-12/h5-10H,3-4,11H2,1-2H3. The lowest BCUT2D eigenvalue weighted by Gasteiger charge is -2.22. The van der Waals surface area contributed by atoms with Crippen molar-refractivity contribution in [3.8, 4) is 0 Å². The lowest BCUT2D eigenvalue weighted by atomic mass is 10.2. The Kier molecular flexibility index (Phi) is 4.74. The van der Waals surface area contributed by atoms with E-state index in [-0.39, 0.29) is 0 Å². The van der Waals surface area contributed by atoms with Gasteiger partial charge in [0.25, 0.3) is 0 Å². The van der Waals surface area contributed by atoms with Gasteiger partial charge in [0.1, 0.15) is 16.8 Å². The van der Waals surface area contributed by atoms with E-state index < -0.39 is 0 Å². The first-order valence-electron chi connectivity index (χ1n) is 6.55. The third kappa shape index (κ3) is 3.67. The molecule has 0 spiro atoms. The number of anilines is 1. The Morgan fingerprint density at radius 3 is 2.47 bits per heavy atom. The number of aromatic nitrogens is 2. The summed E-state index contributed by atoms with van der Waals surface area (Å²) in [5, 5.41) is 0.508. The minimum absolute atomic E-state index is 0.508. The van der Waals surface area contributed by atoms with E-state index >= 15 is 0 Å². The summed E-state index contributed by atoms with van der Waals surface area (Å²) in [5.41, 5.74) is 1.26. The van der Waals surface area contributed by atoms with Crippen molar-refractivity contribution >= 4 is 17.4 Å². The monoisotopic (exact) mass is 275 g/mol. The minimum atomic E-state index is 0.508. The number of halogens is 1. The number of benzene rings is 1. The van der Waals surface area contributed by atoms with Gasteiger partial charge in [0, 0.05) is 25.6 Å². The van der Waals surface area contributed by atoms with Gasteiger partial charge in [-0.25, -0.2) is 9.97 Å². The normalized spacial score (nSPS) is 10.5. The Labute approximate surface area is 119 Å². The van der Waals surface area contributed by atoms with Crippen LogP contribution in [-0.4, -0.2) is 16.5 Å². The zero-order valence-corrected chi connectivity index (χ0v) is 12.1. The lowest BCUT2D eigenvalue weighted by Crippen LogP contribution is -2.23. The Morgan fingerprint density at radius 2 is 1.84 bits per heavy atom. The molecule has 0 N–H and O–H groups in total. The number of nitrogens with zero attached hydrogens (tertiary/aromatic N) is 3. The summed E-state index contributed by atoms with van der Waals surface area (Å²) in [6.45, 7) is 5.85. The molecule has 0 amide bonds. The SMILES string of the molecule is CCc1nc(Cl)cc(N(CC)Cc2ccccc2)n1. The zero-order chi connectivity index (χ0) is 13.7. The summed E-state index contributed by atoms with van der Waals surface area (Å²) >= 11 is 6.06. The molecule has 3 nitrogen and oxygen atoms in total. The molecule has 0 aliphatic carbocycles. The summed E-state index contributed by atoms with van der Waals surface area (Å²) in [5.74, 6) is 1.68. The maximum Gasteiger partial charge on any atom is 0.134 e. The molecule has 0 radical (unpaired) electrons. The Balaban J connectivity index is 2.24. The molecule has 0 bridgehead atoms. The van der Waals surface area contributed by atoms with Crippen LogP contribution >= 0.6 is 11.6 Å². The lowest BCUT2D eigenvalue weighted by molar-refractivity contribution is 0.796. The number of hydrogen-bond donors (Lipinski definition) is 0. The Morgan fingerprint density at radius 1 is 1.11 bits per heavy atom. The third-order valence-corrected chi connectivity index (χ3v) is 3.16. The molecule has 0 unspecified atom stereocenters. The first-order valence-corrected chi connectivity index (χ1v) is 6.93. The smallest absolute Gasteiger partial charge is 0.134 e. The van der Waals surface area contributed by atoms with E-state index in [0.29, 0.717) is 5.15 Å². The first kappa shape index (κ1) is 13.8. The van der Waals surface area contributed by atoms with Crippen LogP contribution in [0.3, 0.4) is 0 Å². The zero-order valence-electron chi connectivity index (χ0n) is 11.3. The van der Waals surface area contributed by atoms with E-state index in [0.717, 1.165) is 31.2 Å². The van der Waals surface area contributed by atoms with Crippen molar-refractivity contribution in [2.45, 2.75) is 26.8 Å². The summed E-state index contributed by atoms with van der Waals surface area (Å²) in [7, 11) is 0. The number of rotatable bonds is 5. The number of hydrogen-bond acceptors (Lipinski definition) is 3. The highest BCUT2D eigenvalue weighted by atomic mass is 35.5. The van der Waals surface area contributed by atoms with Gasteiger partial charge in [-0.15, -0.1) is 0 Å². The molecule has 0 aliphatic rings. The van der Waals surface area contributed by atoms with Crippen LogP contribution in [0.2, 0.25) is 5.15 Å². The van der Waals surface area contributed by atoms with E-state index in [1.165, 1.54) is 5.56 Å². The van der Waals surface area contributed by atoms with Crippen molar-refractivity contribution in [2.75, 3.05) is 11.4 Å². The first-order chi connectivity index (χ1) is 9.22. The predicted molar refractivity (Wildman–Crippen MR) is 79.6 cm³/mol. The molecular formula is C15H18ClN3. The maximum absolute atomic E-state index is 6.06. The Hall–Kier alpha value is -1.61. The van der Waals surface area contributed by atoms with Crippen LogP contribution in [0.1, 0.15) is 25.2 Å². The van der Waals surface area contributed by atoms with Crippen LogP contribution in [0.15, 0.2) is 36.4 Å². The van der Waals surface area contributed by atoms with Crippen molar-refractivity contribution in [3.63, 3.8) is 0 Å². The molecule has 0 atom stereocenters. The van der Waals surface area contributed by atoms with Gasteiger partial charge in [0.15, 0.2) is 0 Å². The van der Waals surface area contributed by atoms with Crippen molar-refractivity contribution in [2.24, 2.45) is 0 Å². The van der Waals surface area contributed by atoms with Crippen LogP contribution in [0.5, 0.6) is 0 Å². The fourth-order valence-corrected chi connectivity index (χ4v) is 2.13. The van der Waals surface area contributed by atoms with Crippen molar-refractivity contribution < 1.29 is 0 Å². The largest absolute Gasteiger partial charge is 0.352 e. The van der Waals surface area contributed by atoms with E-state index in [4.69, 9.17) is 11.6 Å². The van der Waals surface area contributed by atoms with Gasteiger partial charge < -0.3 is 4.90 Å². The van der Waals surface area contributed by atoms with E-state index in [1.54, 1.807) is 0 Å². The molecule has 1 heterocycles. The second kappa shape index (κ2) is 6.53. The maximum atomic E-state index is 6.06. The van der Waals surface area contributed by atoms with Gasteiger partial charge in [-0.05, 0) is 12.5 Å². The fourth-order valence-electron chi connectivity index (χ4n) is 1.93. The van der Waals surface area contributed by atoms with E-state index in [9.17, 15) is 0 Å². The molecule has 0 saturated carbocycles. The molecule has 1 aromatic heterocycles. The molecule has 0 fully saturated rings. The van der Waals surface area contributed by atoms with E-state index in [1.807, 2.05) is 31.2 Å². The van der Waals surface area contributed by atoms with Crippen LogP contribution in [0.25, 0.3) is 0 Å². The van der Waals surface area contributed by atoms with Gasteiger partial charge in [-0.1, -0.05) is 48.9 Å². The van der Waals surface area contributed by atoms with Gasteiger partial charge in [0.2, 0.25) is 0 Å². The average molecular weight is 276 g/mol. The summed E-state index contributed by atoms with van der Waals surface area (Å²) in [6, 6.07) is 12.2.